The first kappa shape index (κ1) is 12.2. The minimum Gasteiger partial charge on any atom is -0.135 e. The third-order valence-corrected chi connectivity index (χ3v) is 5.52. The molecule has 4 rings (SSSR count). The fourth-order valence-electron chi connectivity index (χ4n) is 3.56. The van der Waals surface area contributed by atoms with Crippen LogP contribution in [0, 0.1) is 5.41 Å². The predicted octanol–water partition coefficient (Wildman–Crippen LogP) is 6.06. The van der Waals surface area contributed by atoms with Gasteiger partial charge in [0, 0.05) is 15.5 Å². The molecule has 0 bridgehead atoms. The first-order valence-corrected chi connectivity index (χ1v) is 8.00. The van der Waals surface area contributed by atoms with Gasteiger partial charge in [0.1, 0.15) is 0 Å². The Morgan fingerprint density at radius 2 is 1.60 bits per heavy atom. The summed E-state index contributed by atoms with van der Waals surface area (Å²) >= 11 is 1.95. The van der Waals surface area contributed by atoms with Gasteiger partial charge in [-0.25, -0.2) is 0 Å². The molecular weight excluding hydrogens is 260 g/mol. The highest BCUT2D eigenvalue weighted by Gasteiger charge is 2.38. The van der Waals surface area contributed by atoms with Gasteiger partial charge in [-0.3, -0.25) is 0 Å². The molecule has 1 aliphatic rings. The monoisotopic (exact) mass is 278 g/mol. The van der Waals surface area contributed by atoms with Crippen molar-refractivity contribution in [2.24, 2.45) is 5.41 Å². The van der Waals surface area contributed by atoms with Gasteiger partial charge >= 0.3 is 0 Å². The summed E-state index contributed by atoms with van der Waals surface area (Å²) in [5.41, 5.74) is 4.75. The molecule has 1 unspecified atom stereocenters. The summed E-state index contributed by atoms with van der Waals surface area (Å²) in [5, 5.41) is 1.45. The zero-order valence-electron chi connectivity index (χ0n) is 12.1. The molecular formula is C19H18S. The van der Waals surface area contributed by atoms with Crippen LogP contribution >= 0.6 is 11.3 Å². The second-order valence-corrected chi connectivity index (χ2v) is 7.78. The van der Waals surface area contributed by atoms with Gasteiger partial charge < -0.3 is 0 Å². The van der Waals surface area contributed by atoms with E-state index in [2.05, 4.69) is 69.3 Å². The Bertz CT molecular complexity index is 802. The van der Waals surface area contributed by atoms with Crippen molar-refractivity contribution in [3.05, 3.63) is 59.7 Å². The molecule has 0 amide bonds. The van der Waals surface area contributed by atoms with Crippen LogP contribution in [-0.4, -0.2) is 0 Å². The number of rotatable bonds is 0. The molecule has 1 heteroatoms. The topological polar surface area (TPSA) is 0 Å². The Morgan fingerprint density at radius 3 is 2.40 bits per heavy atom. The summed E-state index contributed by atoms with van der Waals surface area (Å²) in [6.07, 6.45) is 0. The van der Waals surface area contributed by atoms with E-state index in [4.69, 9.17) is 0 Å². The number of hydrogen-bond donors (Lipinski definition) is 0. The van der Waals surface area contributed by atoms with Crippen molar-refractivity contribution in [3.8, 4) is 10.4 Å². The third kappa shape index (κ3) is 1.53. The predicted molar refractivity (Wildman–Crippen MR) is 88.6 cm³/mol. The summed E-state index contributed by atoms with van der Waals surface area (Å²) in [6, 6.07) is 17.8. The molecule has 0 aliphatic heterocycles. The van der Waals surface area contributed by atoms with E-state index in [9.17, 15) is 0 Å². The molecule has 1 aromatic heterocycles. The first-order valence-electron chi connectivity index (χ1n) is 7.18. The van der Waals surface area contributed by atoms with Crippen molar-refractivity contribution >= 4 is 21.4 Å². The van der Waals surface area contributed by atoms with Crippen LogP contribution in [0.3, 0.4) is 0 Å². The van der Waals surface area contributed by atoms with Gasteiger partial charge in [0.15, 0.2) is 0 Å². The number of thiophene rings is 1. The number of benzene rings is 2. The summed E-state index contributed by atoms with van der Waals surface area (Å²) in [7, 11) is 0. The van der Waals surface area contributed by atoms with Crippen molar-refractivity contribution in [3.63, 3.8) is 0 Å². The summed E-state index contributed by atoms with van der Waals surface area (Å²) in [4.78, 5) is 1.49. The van der Waals surface area contributed by atoms with Crippen LogP contribution in [0.4, 0.5) is 0 Å². The maximum absolute atomic E-state index is 2.36. The average molecular weight is 278 g/mol. The van der Waals surface area contributed by atoms with Crippen LogP contribution in [0.15, 0.2) is 48.5 Å². The molecule has 0 radical (unpaired) electrons. The Morgan fingerprint density at radius 1 is 0.900 bits per heavy atom. The normalized spacial score (nSPS) is 17.2. The lowest BCUT2D eigenvalue weighted by Crippen LogP contribution is -2.17. The van der Waals surface area contributed by atoms with E-state index < -0.39 is 0 Å². The van der Waals surface area contributed by atoms with Gasteiger partial charge in [-0.1, -0.05) is 63.2 Å². The van der Waals surface area contributed by atoms with Gasteiger partial charge in [-0.05, 0) is 33.6 Å². The van der Waals surface area contributed by atoms with Gasteiger partial charge in [-0.2, -0.15) is 0 Å². The van der Waals surface area contributed by atoms with Crippen molar-refractivity contribution in [2.75, 3.05) is 0 Å². The molecule has 0 spiro atoms. The summed E-state index contributed by atoms with van der Waals surface area (Å²) in [5.74, 6) is 0.504. The highest BCUT2D eigenvalue weighted by atomic mass is 32.1. The molecule has 0 N–H and O–H groups in total. The Hall–Kier alpha value is -1.60. The second kappa shape index (κ2) is 3.95. The fraction of sp³-hybridized carbons (Fsp3) is 0.263. The van der Waals surface area contributed by atoms with E-state index in [-0.39, 0.29) is 5.41 Å². The molecule has 1 aliphatic carbocycles. The molecule has 1 atom stereocenters. The van der Waals surface area contributed by atoms with Crippen LogP contribution in [-0.2, 0) is 0 Å². The minimum absolute atomic E-state index is 0.241. The van der Waals surface area contributed by atoms with Gasteiger partial charge in [0.2, 0.25) is 0 Å². The highest BCUT2D eigenvalue weighted by molar-refractivity contribution is 7.22. The maximum Gasteiger partial charge on any atom is 0.0396 e. The van der Waals surface area contributed by atoms with Crippen LogP contribution in [0.25, 0.3) is 20.5 Å². The van der Waals surface area contributed by atoms with Gasteiger partial charge in [0.25, 0.3) is 0 Å². The van der Waals surface area contributed by atoms with Crippen molar-refractivity contribution in [2.45, 2.75) is 26.7 Å². The van der Waals surface area contributed by atoms with E-state index >= 15 is 0 Å². The standard InChI is InChI=1S/C19H18S/c1-19(2,3)17-12-8-4-5-9-13(12)18-16(17)14-10-6-7-11-15(14)20-18/h4-11,17H,1-3H3. The molecule has 1 heterocycles. The lowest BCUT2D eigenvalue weighted by Gasteiger charge is -2.29. The Balaban J connectivity index is 2.13. The largest absolute Gasteiger partial charge is 0.135 e. The highest BCUT2D eigenvalue weighted by Crippen LogP contribution is 2.57. The molecule has 100 valence electrons. The maximum atomic E-state index is 2.36. The van der Waals surface area contributed by atoms with E-state index in [1.54, 1.807) is 5.56 Å². The quantitative estimate of drug-likeness (QED) is 0.469. The van der Waals surface area contributed by atoms with Crippen molar-refractivity contribution in [1.82, 2.24) is 0 Å². The summed E-state index contributed by atoms with van der Waals surface area (Å²) < 4.78 is 1.42. The number of fused-ring (bicyclic) bond motifs is 5. The molecule has 20 heavy (non-hydrogen) atoms. The average Bonchev–Trinajstić information content (AvgIpc) is 2.92. The number of hydrogen-bond acceptors (Lipinski definition) is 1. The van der Waals surface area contributed by atoms with E-state index in [1.165, 1.54) is 26.1 Å². The Labute approximate surface area is 124 Å². The second-order valence-electron chi connectivity index (χ2n) is 6.73. The zero-order chi connectivity index (χ0) is 13.9. The molecule has 0 nitrogen and oxygen atoms in total. The van der Waals surface area contributed by atoms with E-state index in [1.807, 2.05) is 11.3 Å². The van der Waals surface area contributed by atoms with Crippen LogP contribution < -0.4 is 0 Å². The molecule has 0 fully saturated rings. The van der Waals surface area contributed by atoms with Gasteiger partial charge in [-0.15, -0.1) is 11.3 Å². The molecule has 0 saturated heterocycles. The van der Waals surface area contributed by atoms with E-state index in [0.717, 1.165) is 0 Å². The van der Waals surface area contributed by atoms with E-state index in [0.29, 0.717) is 5.92 Å². The molecule has 3 aromatic rings. The Kier molecular flexibility index (Phi) is 2.41. The van der Waals surface area contributed by atoms with Crippen LogP contribution in [0.2, 0.25) is 0 Å². The van der Waals surface area contributed by atoms with Crippen LogP contribution in [0.5, 0.6) is 0 Å². The van der Waals surface area contributed by atoms with Crippen LogP contribution in [0.1, 0.15) is 37.8 Å². The molecule has 0 saturated carbocycles. The van der Waals surface area contributed by atoms with Crippen molar-refractivity contribution < 1.29 is 0 Å². The summed E-state index contributed by atoms with van der Waals surface area (Å²) in [6.45, 7) is 7.07. The smallest absolute Gasteiger partial charge is 0.0396 e. The first-order chi connectivity index (χ1) is 9.57. The molecule has 2 aromatic carbocycles. The lowest BCUT2D eigenvalue weighted by atomic mass is 9.75. The third-order valence-electron chi connectivity index (χ3n) is 4.30. The fourth-order valence-corrected chi connectivity index (χ4v) is 4.85. The SMILES string of the molecule is CC(C)(C)C1c2ccccc2-c2sc3ccccc3c21. The minimum atomic E-state index is 0.241. The van der Waals surface area contributed by atoms with Gasteiger partial charge in [0.05, 0.1) is 0 Å². The lowest BCUT2D eigenvalue weighted by molar-refractivity contribution is 0.365. The van der Waals surface area contributed by atoms with Crippen molar-refractivity contribution in [1.29, 1.82) is 0 Å². The zero-order valence-corrected chi connectivity index (χ0v) is 12.9.